The van der Waals surface area contributed by atoms with Gasteiger partial charge in [-0.05, 0) is 12.3 Å². The maximum atomic E-state index is 12.1. The van der Waals surface area contributed by atoms with Crippen molar-refractivity contribution in [2.45, 2.75) is 12.8 Å². The molecule has 4 amide bonds. The van der Waals surface area contributed by atoms with E-state index >= 15 is 0 Å². The lowest BCUT2D eigenvalue weighted by Crippen LogP contribution is -2.48. The molecule has 3 rings (SSSR count). The molecular weight excluding hydrogens is 236 g/mol. The summed E-state index contributed by atoms with van der Waals surface area (Å²) in [5.74, 6) is -2.62. The number of piperidine rings is 2. The first kappa shape index (κ1) is 11.4. The molecule has 6 heteroatoms. The predicted octanol–water partition coefficient (Wildman–Crippen LogP) is -0.758. The van der Waals surface area contributed by atoms with Crippen molar-refractivity contribution in [3.8, 4) is 0 Å². The quantitative estimate of drug-likeness (QED) is 0.530. The fourth-order valence-electron chi connectivity index (χ4n) is 3.60. The molecule has 0 radical (unpaired) electrons. The molecule has 4 atom stereocenters. The van der Waals surface area contributed by atoms with E-state index in [0.29, 0.717) is 6.42 Å². The van der Waals surface area contributed by atoms with E-state index in [-0.39, 0.29) is 41.9 Å². The zero-order valence-electron chi connectivity index (χ0n) is 10.3. The number of fused-ring (bicyclic) bond motifs is 5. The van der Waals surface area contributed by atoms with Gasteiger partial charge >= 0.3 is 0 Å². The van der Waals surface area contributed by atoms with Crippen LogP contribution in [0.25, 0.3) is 0 Å². The topological polar surface area (TPSA) is 74.8 Å². The molecule has 2 heterocycles. The molecule has 0 aromatic carbocycles. The number of nitrogens with zero attached hydrogens (tertiary/aromatic N) is 2. The molecule has 2 aliphatic heterocycles. The number of hydrogen-bond donors (Lipinski definition) is 0. The molecule has 2 saturated heterocycles. The minimum atomic E-state index is -0.487. The molecule has 3 aliphatic rings. The summed E-state index contributed by atoms with van der Waals surface area (Å²) in [7, 11) is 2.90. The Bertz CT molecular complexity index is 486. The van der Waals surface area contributed by atoms with E-state index < -0.39 is 11.8 Å². The second-order valence-corrected chi connectivity index (χ2v) is 5.37. The van der Waals surface area contributed by atoms with Crippen molar-refractivity contribution in [1.82, 2.24) is 9.80 Å². The Morgan fingerprint density at radius 3 is 2.17 bits per heavy atom. The second kappa shape index (κ2) is 3.40. The largest absolute Gasteiger partial charge is 0.285 e. The zero-order valence-corrected chi connectivity index (χ0v) is 10.3. The van der Waals surface area contributed by atoms with Gasteiger partial charge in [-0.1, -0.05) is 0 Å². The normalized spacial score (nSPS) is 39.4. The molecule has 0 N–H and O–H groups in total. The van der Waals surface area contributed by atoms with Gasteiger partial charge < -0.3 is 0 Å². The highest BCUT2D eigenvalue weighted by Gasteiger charge is 2.60. The first-order valence-electron chi connectivity index (χ1n) is 6.05. The minimum absolute atomic E-state index is 0.195. The maximum absolute atomic E-state index is 12.1. The first-order chi connectivity index (χ1) is 8.43. The summed E-state index contributed by atoms with van der Waals surface area (Å²) in [4.78, 5) is 50.1. The fraction of sp³-hybridized carbons (Fsp3) is 0.667. The van der Waals surface area contributed by atoms with Crippen molar-refractivity contribution in [3.63, 3.8) is 0 Å². The van der Waals surface area contributed by atoms with Gasteiger partial charge in [0.1, 0.15) is 0 Å². The summed E-state index contributed by atoms with van der Waals surface area (Å²) in [6.45, 7) is 0. The molecule has 0 aromatic heterocycles. The summed E-state index contributed by atoms with van der Waals surface area (Å²) in [5, 5.41) is 0. The van der Waals surface area contributed by atoms with Crippen molar-refractivity contribution in [2.24, 2.45) is 23.7 Å². The lowest BCUT2D eigenvalue weighted by molar-refractivity contribution is -0.156. The van der Waals surface area contributed by atoms with E-state index in [9.17, 15) is 19.2 Å². The van der Waals surface area contributed by atoms with Crippen LogP contribution in [0.15, 0.2) is 0 Å². The smallest absolute Gasteiger partial charge is 0.233 e. The van der Waals surface area contributed by atoms with Crippen LogP contribution in [0.2, 0.25) is 0 Å². The first-order valence-corrected chi connectivity index (χ1v) is 6.05. The summed E-state index contributed by atoms with van der Waals surface area (Å²) in [6.07, 6.45) is 0.616. The number of amides is 4. The minimum Gasteiger partial charge on any atom is -0.285 e. The van der Waals surface area contributed by atoms with Gasteiger partial charge in [0.25, 0.3) is 0 Å². The van der Waals surface area contributed by atoms with E-state index in [1.54, 1.807) is 0 Å². The van der Waals surface area contributed by atoms with Gasteiger partial charge in [0.2, 0.25) is 23.6 Å². The highest BCUT2D eigenvalue weighted by Crippen LogP contribution is 2.50. The Balaban J connectivity index is 2.04. The van der Waals surface area contributed by atoms with Gasteiger partial charge in [0, 0.05) is 26.4 Å². The molecule has 2 bridgehead atoms. The number of hydrogen-bond acceptors (Lipinski definition) is 4. The van der Waals surface area contributed by atoms with E-state index in [0.717, 1.165) is 9.80 Å². The Labute approximate surface area is 104 Å². The summed E-state index contributed by atoms with van der Waals surface area (Å²) < 4.78 is 0. The zero-order chi connectivity index (χ0) is 13.2. The third-order valence-electron chi connectivity index (χ3n) is 4.62. The van der Waals surface area contributed by atoms with Crippen LogP contribution >= 0.6 is 0 Å². The molecule has 1 aliphatic carbocycles. The maximum Gasteiger partial charge on any atom is 0.233 e. The van der Waals surface area contributed by atoms with Gasteiger partial charge in [-0.3, -0.25) is 29.0 Å². The predicted molar refractivity (Wildman–Crippen MR) is 58.7 cm³/mol. The van der Waals surface area contributed by atoms with Crippen LogP contribution in [0.5, 0.6) is 0 Å². The number of imide groups is 2. The van der Waals surface area contributed by atoms with Crippen LogP contribution in [-0.4, -0.2) is 47.5 Å². The van der Waals surface area contributed by atoms with E-state index in [2.05, 4.69) is 0 Å². The molecule has 3 fully saturated rings. The van der Waals surface area contributed by atoms with Crippen molar-refractivity contribution < 1.29 is 19.2 Å². The van der Waals surface area contributed by atoms with E-state index in [1.807, 2.05) is 0 Å². The standard InChI is InChI=1S/C12H14N2O4/c1-13-8(15)4-5-6-3-7(9(5)12(13)18)11(17)14(2)10(6)16/h5-7,9H,3-4H2,1-2H3. The number of likely N-dealkylation sites (tertiary alicyclic amines) is 2. The fourth-order valence-corrected chi connectivity index (χ4v) is 3.60. The average molecular weight is 250 g/mol. The van der Waals surface area contributed by atoms with Gasteiger partial charge in [0.15, 0.2) is 0 Å². The average Bonchev–Trinajstić information content (AvgIpc) is 2.68. The third kappa shape index (κ3) is 1.18. The number of carbonyl (C=O) groups excluding carboxylic acids is 4. The van der Waals surface area contributed by atoms with Crippen molar-refractivity contribution in [2.75, 3.05) is 14.1 Å². The van der Waals surface area contributed by atoms with Gasteiger partial charge in [-0.25, -0.2) is 0 Å². The molecule has 0 spiro atoms. The third-order valence-corrected chi connectivity index (χ3v) is 4.62. The monoisotopic (exact) mass is 250 g/mol. The highest BCUT2D eigenvalue weighted by molar-refractivity contribution is 6.07. The molecule has 4 unspecified atom stereocenters. The van der Waals surface area contributed by atoms with Crippen LogP contribution in [0.3, 0.4) is 0 Å². The summed E-state index contributed by atoms with van der Waals surface area (Å²) >= 11 is 0. The second-order valence-electron chi connectivity index (χ2n) is 5.37. The summed E-state index contributed by atoms with van der Waals surface area (Å²) in [6, 6.07) is 0. The van der Waals surface area contributed by atoms with Gasteiger partial charge in [0.05, 0.1) is 11.8 Å². The molecule has 1 saturated carbocycles. The van der Waals surface area contributed by atoms with Crippen LogP contribution in [-0.2, 0) is 19.2 Å². The Hall–Kier alpha value is -1.72. The lowest BCUT2D eigenvalue weighted by Gasteiger charge is -2.32. The molecular formula is C12H14N2O4. The lowest BCUT2D eigenvalue weighted by atomic mass is 9.81. The Kier molecular flexibility index (Phi) is 2.15. The van der Waals surface area contributed by atoms with Crippen molar-refractivity contribution >= 4 is 23.6 Å². The van der Waals surface area contributed by atoms with Crippen LogP contribution in [0.4, 0.5) is 0 Å². The van der Waals surface area contributed by atoms with Crippen LogP contribution in [0.1, 0.15) is 12.8 Å². The number of carbonyl (C=O) groups is 4. The van der Waals surface area contributed by atoms with Gasteiger partial charge in [-0.15, -0.1) is 0 Å². The van der Waals surface area contributed by atoms with E-state index in [4.69, 9.17) is 0 Å². The SMILES string of the molecule is CN1C(=O)C2CC(C1=O)C1C(=O)N(C)C(=O)CC21. The highest BCUT2D eigenvalue weighted by atomic mass is 16.2. The Morgan fingerprint density at radius 1 is 0.889 bits per heavy atom. The van der Waals surface area contributed by atoms with Crippen LogP contribution < -0.4 is 0 Å². The number of rotatable bonds is 0. The summed E-state index contributed by atoms with van der Waals surface area (Å²) in [5.41, 5.74) is 0. The molecule has 0 aromatic rings. The van der Waals surface area contributed by atoms with E-state index in [1.165, 1.54) is 14.1 Å². The van der Waals surface area contributed by atoms with Crippen molar-refractivity contribution in [1.29, 1.82) is 0 Å². The molecule has 18 heavy (non-hydrogen) atoms. The Morgan fingerprint density at radius 2 is 1.50 bits per heavy atom. The molecule has 96 valence electrons. The molecule has 6 nitrogen and oxygen atoms in total. The van der Waals surface area contributed by atoms with Crippen LogP contribution in [0, 0.1) is 23.7 Å². The van der Waals surface area contributed by atoms with Crippen molar-refractivity contribution in [3.05, 3.63) is 0 Å². The van der Waals surface area contributed by atoms with Gasteiger partial charge in [-0.2, -0.15) is 0 Å².